The Morgan fingerprint density at radius 2 is 1.56 bits per heavy atom. The van der Waals surface area contributed by atoms with Gasteiger partial charge in [-0.25, -0.2) is 0 Å². The number of hydrogen-bond acceptors (Lipinski definition) is 4. The second-order valence-corrected chi connectivity index (χ2v) is 9.28. The van der Waals surface area contributed by atoms with Crippen molar-refractivity contribution in [1.29, 1.82) is 0 Å². The van der Waals surface area contributed by atoms with Crippen LogP contribution in [0.5, 0.6) is 17.2 Å². The minimum atomic E-state index is -0.179. The summed E-state index contributed by atoms with van der Waals surface area (Å²) in [7, 11) is 4.77. The highest BCUT2D eigenvalue weighted by Gasteiger charge is 2.35. The molecule has 1 amide bonds. The number of nitrogens with one attached hydrogen (secondary N) is 1. The fourth-order valence-corrected chi connectivity index (χ4v) is 5.19. The standard InChI is InChI=1S/C29H41NO4/c1-5-6-7-8-9-10-11-15-22-18-17-21-14-12-13-16-24(21)27(22)29(31)30-28-25(33-3)19-23(32-2)20-26(28)34-4/h12-14,16,19-20,22,27H,5-11,15,17-18H2,1-4H3,(H,30,31). The van der Waals surface area contributed by atoms with E-state index in [2.05, 4.69) is 30.4 Å². The maximum absolute atomic E-state index is 13.8. The summed E-state index contributed by atoms with van der Waals surface area (Å²) in [6, 6.07) is 11.9. The van der Waals surface area contributed by atoms with Crippen LogP contribution in [0.2, 0.25) is 0 Å². The van der Waals surface area contributed by atoms with Crippen molar-refractivity contribution in [3.63, 3.8) is 0 Å². The molecular weight excluding hydrogens is 426 g/mol. The highest BCUT2D eigenvalue weighted by Crippen LogP contribution is 2.43. The highest BCUT2D eigenvalue weighted by atomic mass is 16.5. The van der Waals surface area contributed by atoms with Gasteiger partial charge >= 0.3 is 0 Å². The SMILES string of the molecule is CCCCCCCCCC1CCc2ccccc2C1C(=O)Nc1c(OC)cc(OC)cc1OC. The summed E-state index contributed by atoms with van der Waals surface area (Å²) in [6.45, 7) is 2.25. The fraction of sp³-hybridized carbons (Fsp3) is 0.552. The molecular formula is C29H41NO4. The van der Waals surface area contributed by atoms with Crippen molar-refractivity contribution in [3.05, 3.63) is 47.5 Å². The molecule has 0 saturated heterocycles. The third-order valence-corrected chi connectivity index (χ3v) is 7.07. The molecule has 0 bridgehead atoms. The topological polar surface area (TPSA) is 56.8 Å². The summed E-state index contributed by atoms with van der Waals surface area (Å²) in [5, 5.41) is 3.15. The van der Waals surface area contributed by atoms with E-state index in [-0.39, 0.29) is 11.8 Å². The Kier molecular flexibility index (Phi) is 10.1. The van der Waals surface area contributed by atoms with Gasteiger partial charge in [-0.15, -0.1) is 0 Å². The van der Waals surface area contributed by atoms with Crippen LogP contribution in [-0.2, 0) is 11.2 Å². The third-order valence-electron chi connectivity index (χ3n) is 7.07. The van der Waals surface area contributed by atoms with Crippen molar-refractivity contribution >= 4 is 11.6 Å². The average molecular weight is 468 g/mol. The smallest absolute Gasteiger partial charge is 0.232 e. The molecule has 2 atom stereocenters. The van der Waals surface area contributed by atoms with E-state index < -0.39 is 0 Å². The second-order valence-electron chi connectivity index (χ2n) is 9.28. The summed E-state index contributed by atoms with van der Waals surface area (Å²) in [5.41, 5.74) is 2.99. The number of carbonyl (C=O) groups is 1. The first-order chi connectivity index (χ1) is 16.6. The second kappa shape index (κ2) is 13.3. The van der Waals surface area contributed by atoms with Crippen molar-refractivity contribution in [2.45, 2.75) is 77.0 Å². The molecule has 2 aromatic carbocycles. The molecule has 0 spiro atoms. The van der Waals surface area contributed by atoms with E-state index in [1.54, 1.807) is 33.5 Å². The predicted octanol–water partition coefficient (Wildman–Crippen LogP) is 7.14. The molecule has 0 fully saturated rings. The monoisotopic (exact) mass is 467 g/mol. The van der Waals surface area contributed by atoms with Gasteiger partial charge in [-0.3, -0.25) is 4.79 Å². The normalized spacial score (nSPS) is 17.1. The van der Waals surface area contributed by atoms with Crippen LogP contribution in [0.1, 0.15) is 81.8 Å². The van der Waals surface area contributed by atoms with Crippen LogP contribution in [0.15, 0.2) is 36.4 Å². The molecule has 2 aromatic rings. The number of methoxy groups -OCH3 is 3. The number of rotatable bonds is 13. The van der Waals surface area contributed by atoms with E-state index in [0.29, 0.717) is 28.9 Å². The number of ether oxygens (including phenoxy) is 3. The molecule has 1 aliphatic carbocycles. The molecule has 1 aliphatic rings. The number of benzene rings is 2. The summed E-state index contributed by atoms with van der Waals surface area (Å²) in [4.78, 5) is 13.8. The Bertz CT molecular complexity index is 901. The molecule has 2 unspecified atom stereocenters. The number of hydrogen-bond donors (Lipinski definition) is 1. The molecule has 1 N–H and O–H groups in total. The van der Waals surface area contributed by atoms with Crippen LogP contribution in [-0.4, -0.2) is 27.2 Å². The molecule has 5 heteroatoms. The molecule has 5 nitrogen and oxygen atoms in total. The summed E-state index contributed by atoms with van der Waals surface area (Å²) >= 11 is 0. The molecule has 0 radical (unpaired) electrons. The van der Waals surface area contributed by atoms with E-state index in [1.165, 1.54) is 50.5 Å². The van der Waals surface area contributed by atoms with Gasteiger partial charge < -0.3 is 19.5 Å². The molecule has 186 valence electrons. The van der Waals surface area contributed by atoms with Gasteiger partial charge in [0.1, 0.15) is 22.9 Å². The lowest BCUT2D eigenvalue weighted by atomic mass is 9.72. The zero-order chi connectivity index (χ0) is 24.3. The van der Waals surface area contributed by atoms with Crippen LogP contribution in [0.25, 0.3) is 0 Å². The maximum Gasteiger partial charge on any atom is 0.232 e. The van der Waals surface area contributed by atoms with Crippen molar-refractivity contribution < 1.29 is 19.0 Å². The summed E-state index contributed by atoms with van der Waals surface area (Å²) < 4.78 is 16.5. The van der Waals surface area contributed by atoms with Gasteiger partial charge in [-0.2, -0.15) is 0 Å². The van der Waals surface area contributed by atoms with Crippen LogP contribution in [0.4, 0.5) is 5.69 Å². The van der Waals surface area contributed by atoms with E-state index in [0.717, 1.165) is 24.8 Å². The van der Waals surface area contributed by atoms with Gasteiger partial charge in [-0.05, 0) is 36.3 Å². The number of amides is 1. The first-order valence-corrected chi connectivity index (χ1v) is 12.8. The number of aryl methyl sites for hydroxylation is 1. The average Bonchev–Trinajstić information content (AvgIpc) is 2.87. The van der Waals surface area contributed by atoms with E-state index in [9.17, 15) is 4.79 Å². The minimum Gasteiger partial charge on any atom is -0.496 e. The molecule has 34 heavy (non-hydrogen) atoms. The molecule has 0 saturated carbocycles. The summed E-state index contributed by atoms with van der Waals surface area (Å²) in [6.07, 6.45) is 12.2. The van der Waals surface area contributed by atoms with Crippen LogP contribution < -0.4 is 19.5 Å². The lowest BCUT2D eigenvalue weighted by Gasteiger charge is -2.33. The van der Waals surface area contributed by atoms with Gasteiger partial charge in [0.15, 0.2) is 0 Å². The van der Waals surface area contributed by atoms with Crippen LogP contribution in [0, 0.1) is 5.92 Å². The Morgan fingerprint density at radius 1 is 0.912 bits per heavy atom. The van der Waals surface area contributed by atoms with Crippen LogP contribution >= 0.6 is 0 Å². The van der Waals surface area contributed by atoms with Gasteiger partial charge in [0.05, 0.1) is 27.2 Å². The molecule has 0 heterocycles. The van der Waals surface area contributed by atoms with Crippen molar-refractivity contribution in [2.24, 2.45) is 5.92 Å². The summed E-state index contributed by atoms with van der Waals surface area (Å²) in [5.74, 6) is 1.82. The van der Waals surface area contributed by atoms with E-state index >= 15 is 0 Å². The van der Waals surface area contributed by atoms with Gasteiger partial charge in [-0.1, -0.05) is 76.1 Å². The quantitative estimate of drug-likeness (QED) is 0.318. The van der Waals surface area contributed by atoms with Crippen LogP contribution in [0.3, 0.4) is 0 Å². The lowest BCUT2D eigenvalue weighted by Crippen LogP contribution is -2.32. The first kappa shape index (κ1) is 25.9. The van der Waals surface area contributed by atoms with Gasteiger partial charge in [0.2, 0.25) is 5.91 Å². The largest absolute Gasteiger partial charge is 0.496 e. The molecule has 0 aromatic heterocycles. The molecule has 0 aliphatic heterocycles. The number of fused-ring (bicyclic) bond motifs is 1. The third kappa shape index (κ3) is 6.46. The predicted molar refractivity (Wildman–Crippen MR) is 138 cm³/mol. The van der Waals surface area contributed by atoms with E-state index in [4.69, 9.17) is 14.2 Å². The van der Waals surface area contributed by atoms with Crippen molar-refractivity contribution in [1.82, 2.24) is 0 Å². The first-order valence-electron chi connectivity index (χ1n) is 12.8. The van der Waals surface area contributed by atoms with Crippen molar-refractivity contribution in [3.8, 4) is 17.2 Å². The minimum absolute atomic E-state index is 0.00172. The number of unbranched alkanes of at least 4 members (excludes halogenated alkanes) is 6. The fourth-order valence-electron chi connectivity index (χ4n) is 5.19. The Hall–Kier alpha value is -2.69. The lowest BCUT2D eigenvalue weighted by molar-refractivity contribution is -0.119. The Morgan fingerprint density at radius 3 is 2.21 bits per heavy atom. The zero-order valence-electron chi connectivity index (χ0n) is 21.3. The number of carbonyl (C=O) groups excluding carboxylic acids is 1. The maximum atomic E-state index is 13.8. The van der Waals surface area contributed by atoms with Gasteiger partial charge in [0.25, 0.3) is 0 Å². The zero-order valence-corrected chi connectivity index (χ0v) is 21.3. The Balaban J connectivity index is 1.77. The van der Waals surface area contributed by atoms with E-state index in [1.807, 2.05) is 6.07 Å². The highest BCUT2D eigenvalue weighted by molar-refractivity contribution is 5.99. The van der Waals surface area contributed by atoms with Crippen molar-refractivity contribution in [2.75, 3.05) is 26.6 Å². The van der Waals surface area contributed by atoms with Gasteiger partial charge in [0, 0.05) is 12.1 Å². The molecule has 3 rings (SSSR count). The number of anilines is 1. The Labute approximate surface area is 205 Å².